The number of nitrogens with one attached hydrogen (secondary N) is 1. The molecule has 0 aliphatic heterocycles. The average molecular weight is 448 g/mol. The summed E-state index contributed by atoms with van der Waals surface area (Å²) in [5.41, 5.74) is 1.65. The molecule has 2 aromatic rings. The molecule has 1 aliphatic carbocycles. The highest BCUT2D eigenvalue weighted by Gasteiger charge is 2.43. The number of nitrogens with two attached hydrogens (primary N) is 1. The number of alkyl halides is 5. The lowest BCUT2D eigenvalue weighted by Crippen LogP contribution is -2.24. The predicted octanol–water partition coefficient (Wildman–Crippen LogP) is 4.14. The van der Waals surface area contributed by atoms with Gasteiger partial charge in [-0.2, -0.15) is 18.3 Å². The second kappa shape index (κ2) is 7.89. The largest absolute Gasteiger partial charge is 0.420 e. The van der Waals surface area contributed by atoms with Crippen LogP contribution >= 0.6 is 0 Å². The first-order valence-corrected chi connectivity index (χ1v) is 9.21. The van der Waals surface area contributed by atoms with Gasteiger partial charge in [-0.25, -0.2) is 13.2 Å². The molecule has 12 heteroatoms. The van der Waals surface area contributed by atoms with Gasteiger partial charge < -0.3 is 11.1 Å². The highest BCUT2D eigenvalue weighted by Crippen LogP contribution is 2.41. The SMILES string of the molecule is Cc1nn(CC2CCC(F)(F)C2)c(C(=O)Nc2ccc(F)c(C(N)=O)c2)c1C(F)(F)F. The highest BCUT2D eigenvalue weighted by molar-refractivity contribution is 6.05. The van der Waals surface area contributed by atoms with Crippen molar-refractivity contribution in [3.63, 3.8) is 0 Å². The molecule has 6 nitrogen and oxygen atoms in total. The van der Waals surface area contributed by atoms with Gasteiger partial charge in [0.25, 0.3) is 11.8 Å². The molecule has 3 rings (SSSR count). The third-order valence-electron chi connectivity index (χ3n) is 5.05. The molecular weight excluding hydrogens is 430 g/mol. The molecule has 1 aliphatic rings. The van der Waals surface area contributed by atoms with Crippen molar-refractivity contribution in [2.45, 2.75) is 44.8 Å². The van der Waals surface area contributed by atoms with Crippen LogP contribution in [0.1, 0.15) is 51.4 Å². The van der Waals surface area contributed by atoms with Gasteiger partial charge in [-0.15, -0.1) is 0 Å². The topological polar surface area (TPSA) is 90.0 Å². The second-order valence-corrected chi connectivity index (χ2v) is 7.47. The zero-order chi connectivity index (χ0) is 23.1. The first-order chi connectivity index (χ1) is 14.3. The van der Waals surface area contributed by atoms with Gasteiger partial charge in [0.15, 0.2) is 0 Å². The first kappa shape index (κ1) is 22.6. The monoisotopic (exact) mass is 448 g/mol. The zero-order valence-electron chi connectivity index (χ0n) is 16.2. The Balaban J connectivity index is 1.97. The summed E-state index contributed by atoms with van der Waals surface area (Å²) in [6.07, 6.45) is -5.77. The molecule has 1 heterocycles. The van der Waals surface area contributed by atoms with Gasteiger partial charge >= 0.3 is 6.18 Å². The number of primary amides is 1. The fourth-order valence-corrected chi connectivity index (χ4v) is 3.71. The zero-order valence-corrected chi connectivity index (χ0v) is 16.2. The summed E-state index contributed by atoms with van der Waals surface area (Å²) in [4.78, 5) is 24.0. The van der Waals surface area contributed by atoms with Gasteiger partial charge in [-0.3, -0.25) is 14.3 Å². The number of aromatic nitrogens is 2. The van der Waals surface area contributed by atoms with E-state index in [0.29, 0.717) is 0 Å². The second-order valence-electron chi connectivity index (χ2n) is 7.47. The minimum absolute atomic E-state index is 0.0776. The van der Waals surface area contributed by atoms with E-state index in [1.54, 1.807) is 0 Å². The maximum atomic E-state index is 13.6. The summed E-state index contributed by atoms with van der Waals surface area (Å²) in [5.74, 6) is -6.91. The van der Waals surface area contributed by atoms with Crippen molar-refractivity contribution >= 4 is 17.5 Å². The van der Waals surface area contributed by atoms with E-state index >= 15 is 0 Å². The maximum absolute atomic E-state index is 13.6. The van der Waals surface area contributed by atoms with E-state index in [4.69, 9.17) is 5.73 Å². The van der Waals surface area contributed by atoms with E-state index in [9.17, 15) is 35.9 Å². The Morgan fingerprint density at radius 3 is 2.55 bits per heavy atom. The van der Waals surface area contributed by atoms with Crippen LogP contribution in [-0.4, -0.2) is 27.5 Å². The molecule has 0 saturated heterocycles. The van der Waals surface area contributed by atoms with Crippen LogP contribution in [0.15, 0.2) is 18.2 Å². The minimum atomic E-state index is -4.93. The van der Waals surface area contributed by atoms with Crippen molar-refractivity contribution in [1.29, 1.82) is 0 Å². The molecule has 1 atom stereocenters. The van der Waals surface area contributed by atoms with Gasteiger partial charge in [0.1, 0.15) is 17.1 Å². The third-order valence-corrected chi connectivity index (χ3v) is 5.05. The Kier molecular flexibility index (Phi) is 5.76. The van der Waals surface area contributed by atoms with Crippen molar-refractivity contribution in [3.05, 3.63) is 46.5 Å². The van der Waals surface area contributed by atoms with Crippen molar-refractivity contribution in [1.82, 2.24) is 9.78 Å². The smallest absolute Gasteiger partial charge is 0.366 e. The van der Waals surface area contributed by atoms with Gasteiger partial charge in [0.2, 0.25) is 5.92 Å². The number of anilines is 1. The van der Waals surface area contributed by atoms with Gasteiger partial charge in [0, 0.05) is 25.1 Å². The molecule has 2 amide bonds. The lowest BCUT2D eigenvalue weighted by atomic mass is 10.1. The van der Waals surface area contributed by atoms with Crippen molar-refractivity contribution in [3.8, 4) is 0 Å². The van der Waals surface area contributed by atoms with Crippen LogP contribution in [0.25, 0.3) is 0 Å². The van der Waals surface area contributed by atoms with Crippen LogP contribution in [0.4, 0.5) is 32.0 Å². The molecule has 31 heavy (non-hydrogen) atoms. The predicted molar refractivity (Wildman–Crippen MR) is 97.1 cm³/mol. The molecule has 1 aromatic heterocycles. The number of hydrogen-bond acceptors (Lipinski definition) is 3. The molecule has 0 spiro atoms. The molecule has 3 N–H and O–H groups in total. The number of carbonyl (C=O) groups excluding carboxylic acids is 2. The van der Waals surface area contributed by atoms with E-state index in [2.05, 4.69) is 10.4 Å². The Hall–Kier alpha value is -3.05. The number of hydrogen-bond donors (Lipinski definition) is 2. The van der Waals surface area contributed by atoms with E-state index in [0.717, 1.165) is 29.8 Å². The number of carbonyl (C=O) groups is 2. The maximum Gasteiger partial charge on any atom is 0.420 e. The molecule has 1 fully saturated rings. The summed E-state index contributed by atoms with van der Waals surface area (Å²) in [6, 6.07) is 2.75. The third kappa shape index (κ3) is 4.83. The number of halogens is 6. The fraction of sp³-hybridized carbons (Fsp3) is 0.421. The molecular formula is C19H18F6N4O2. The molecule has 1 saturated carbocycles. The molecule has 0 radical (unpaired) electrons. The van der Waals surface area contributed by atoms with E-state index in [1.807, 2.05) is 0 Å². The normalized spacial score (nSPS) is 18.2. The lowest BCUT2D eigenvalue weighted by Gasteiger charge is -2.15. The number of nitrogens with zero attached hydrogens (tertiary/aromatic N) is 2. The van der Waals surface area contributed by atoms with E-state index < -0.39 is 71.0 Å². The Morgan fingerprint density at radius 1 is 1.32 bits per heavy atom. The minimum Gasteiger partial charge on any atom is -0.366 e. The molecule has 1 aromatic carbocycles. The summed E-state index contributed by atoms with van der Waals surface area (Å²) in [6.45, 7) is 0.758. The van der Waals surface area contributed by atoms with Crippen LogP contribution in [0, 0.1) is 18.7 Å². The number of amides is 2. The van der Waals surface area contributed by atoms with E-state index in [-0.39, 0.29) is 18.7 Å². The summed E-state index contributed by atoms with van der Waals surface area (Å²) >= 11 is 0. The lowest BCUT2D eigenvalue weighted by molar-refractivity contribution is -0.138. The highest BCUT2D eigenvalue weighted by atomic mass is 19.4. The molecule has 168 valence electrons. The van der Waals surface area contributed by atoms with Crippen molar-refractivity contribution in [2.24, 2.45) is 11.7 Å². The Bertz CT molecular complexity index is 1030. The summed E-state index contributed by atoms with van der Waals surface area (Å²) < 4.78 is 82.2. The van der Waals surface area contributed by atoms with Gasteiger partial charge in [-0.05, 0) is 37.5 Å². The van der Waals surface area contributed by atoms with Crippen LogP contribution in [0.5, 0.6) is 0 Å². The van der Waals surface area contributed by atoms with Gasteiger partial charge in [-0.1, -0.05) is 0 Å². The molecule has 1 unspecified atom stereocenters. The van der Waals surface area contributed by atoms with Crippen LogP contribution in [0.2, 0.25) is 0 Å². The number of aryl methyl sites for hydroxylation is 1. The van der Waals surface area contributed by atoms with E-state index in [1.165, 1.54) is 0 Å². The van der Waals surface area contributed by atoms with Gasteiger partial charge in [0.05, 0.1) is 11.3 Å². The average Bonchev–Trinajstić information content (AvgIpc) is 3.14. The standard InChI is InChI=1S/C19H18F6N4O2/c1-9-14(19(23,24)25)15(29(28-9)8-10-4-5-18(21,22)7-10)17(31)27-11-2-3-13(20)12(6-11)16(26)30/h2-3,6,10H,4-5,7-8H2,1H3,(H2,26,30)(H,27,31). The van der Waals surface area contributed by atoms with Crippen molar-refractivity contribution in [2.75, 3.05) is 5.32 Å². The summed E-state index contributed by atoms with van der Waals surface area (Å²) in [7, 11) is 0. The van der Waals surface area contributed by atoms with Crippen LogP contribution in [-0.2, 0) is 12.7 Å². The Labute approximate surface area is 172 Å². The van der Waals surface area contributed by atoms with Crippen LogP contribution < -0.4 is 11.1 Å². The fourth-order valence-electron chi connectivity index (χ4n) is 3.71. The Morgan fingerprint density at radius 2 is 2.00 bits per heavy atom. The van der Waals surface area contributed by atoms with Crippen LogP contribution in [0.3, 0.4) is 0 Å². The van der Waals surface area contributed by atoms with Crippen molar-refractivity contribution < 1.29 is 35.9 Å². The number of rotatable bonds is 5. The number of benzene rings is 1. The quantitative estimate of drug-likeness (QED) is 0.674. The molecule has 0 bridgehead atoms. The first-order valence-electron chi connectivity index (χ1n) is 9.21. The summed E-state index contributed by atoms with van der Waals surface area (Å²) in [5, 5.41) is 5.93.